The Bertz CT molecular complexity index is 425. The largest absolute Gasteiger partial charge is 0.481 e. The number of hydrogen-bond acceptors (Lipinski definition) is 5. The molecule has 0 saturated carbocycles. The molecule has 0 bridgehead atoms. The Hall–Kier alpha value is -1.70. The average molecular weight is 287 g/mol. The van der Waals surface area contributed by atoms with Crippen molar-refractivity contribution in [3.8, 4) is 5.75 Å². The Morgan fingerprint density at radius 2 is 1.75 bits per heavy atom. The van der Waals surface area contributed by atoms with Crippen LogP contribution in [0.3, 0.4) is 0 Å². The fourth-order valence-electron chi connectivity index (χ4n) is 1.40. The van der Waals surface area contributed by atoms with Gasteiger partial charge >= 0.3 is 0 Å². The van der Waals surface area contributed by atoms with Crippen LogP contribution in [0.2, 0.25) is 0 Å². The van der Waals surface area contributed by atoms with Gasteiger partial charge in [0.2, 0.25) is 0 Å². The number of aliphatic hydroxyl groups excluding tert-OH is 3. The third-order valence-corrected chi connectivity index (χ3v) is 2.79. The Kier molecular flexibility index (Phi) is 5.87. The van der Waals surface area contributed by atoms with Crippen molar-refractivity contribution in [3.05, 3.63) is 30.1 Å². The SMILES string of the molecule is CC(Oc1ccc(F)cc1)C(=O)NC(CO)(CO)CO. The summed E-state index contributed by atoms with van der Waals surface area (Å²) in [7, 11) is 0. The van der Waals surface area contributed by atoms with Crippen LogP contribution in [0.5, 0.6) is 5.75 Å². The Labute approximate surface area is 115 Å². The number of carbonyl (C=O) groups is 1. The van der Waals surface area contributed by atoms with Crippen molar-refractivity contribution in [2.45, 2.75) is 18.6 Å². The first kappa shape index (κ1) is 16.4. The van der Waals surface area contributed by atoms with Crippen molar-refractivity contribution in [1.82, 2.24) is 5.32 Å². The van der Waals surface area contributed by atoms with E-state index < -0.39 is 43.2 Å². The third kappa shape index (κ3) is 4.16. The first-order chi connectivity index (χ1) is 9.46. The maximum absolute atomic E-state index is 12.7. The van der Waals surface area contributed by atoms with Crippen molar-refractivity contribution in [2.75, 3.05) is 19.8 Å². The Balaban J connectivity index is 2.65. The fraction of sp³-hybridized carbons (Fsp3) is 0.462. The highest BCUT2D eigenvalue weighted by atomic mass is 19.1. The number of rotatable bonds is 7. The van der Waals surface area contributed by atoms with Gasteiger partial charge in [0, 0.05) is 0 Å². The fourth-order valence-corrected chi connectivity index (χ4v) is 1.40. The van der Waals surface area contributed by atoms with E-state index in [0.29, 0.717) is 5.75 Å². The topological polar surface area (TPSA) is 99.0 Å². The van der Waals surface area contributed by atoms with Gasteiger partial charge in [0.25, 0.3) is 5.91 Å². The van der Waals surface area contributed by atoms with Crippen LogP contribution < -0.4 is 10.1 Å². The minimum Gasteiger partial charge on any atom is -0.481 e. The van der Waals surface area contributed by atoms with Crippen LogP contribution in [0.15, 0.2) is 24.3 Å². The molecule has 1 unspecified atom stereocenters. The lowest BCUT2D eigenvalue weighted by molar-refractivity contribution is -0.131. The van der Waals surface area contributed by atoms with Crippen LogP contribution in [0.25, 0.3) is 0 Å². The standard InChI is InChI=1S/C13H18FNO5/c1-9(20-11-4-2-10(14)3-5-11)12(19)15-13(6-16,7-17)8-18/h2-5,9,16-18H,6-8H2,1H3,(H,15,19). The van der Waals surface area contributed by atoms with Crippen molar-refractivity contribution in [3.63, 3.8) is 0 Å². The van der Waals surface area contributed by atoms with E-state index in [-0.39, 0.29) is 0 Å². The van der Waals surface area contributed by atoms with Gasteiger partial charge in [-0.15, -0.1) is 0 Å². The van der Waals surface area contributed by atoms with E-state index in [4.69, 9.17) is 20.1 Å². The number of amides is 1. The van der Waals surface area contributed by atoms with Crippen molar-refractivity contribution in [2.24, 2.45) is 0 Å². The van der Waals surface area contributed by atoms with Gasteiger partial charge in [-0.1, -0.05) is 0 Å². The monoisotopic (exact) mass is 287 g/mol. The minimum atomic E-state index is -1.50. The third-order valence-electron chi connectivity index (χ3n) is 2.79. The molecule has 1 atom stereocenters. The highest BCUT2D eigenvalue weighted by Crippen LogP contribution is 2.13. The number of carbonyl (C=O) groups excluding carboxylic acids is 1. The molecule has 7 heteroatoms. The first-order valence-electron chi connectivity index (χ1n) is 6.03. The molecule has 0 aliphatic carbocycles. The summed E-state index contributed by atoms with van der Waals surface area (Å²) in [5.74, 6) is -0.738. The molecule has 0 aliphatic rings. The number of aliphatic hydroxyl groups is 3. The zero-order chi connectivity index (χ0) is 15.2. The summed E-state index contributed by atoms with van der Waals surface area (Å²) < 4.78 is 18.0. The van der Waals surface area contributed by atoms with Crippen LogP contribution in [-0.4, -0.2) is 52.7 Å². The summed E-state index contributed by atoms with van der Waals surface area (Å²) >= 11 is 0. The van der Waals surface area contributed by atoms with Gasteiger partial charge < -0.3 is 25.4 Å². The Morgan fingerprint density at radius 1 is 1.25 bits per heavy atom. The lowest BCUT2D eigenvalue weighted by Gasteiger charge is -2.30. The molecule has 1 amide bonds. The molecule has 0 radical (unpaired) electrons. The maximum atomic E-state index is 12.7. The van der Waals surface area contributed by atoms with Crippen LogP contribution in [0.1, 0.15) is 6.92 Å². The van der Waals surface area contributed by atoms with Crippen molar-refractivity contribution in [1.29, 1.82) is 0 Å². The normalized spacial score (nSPS) is 12.8. The van der Waals surface area contributed by atoms with E-state index >= 15 is 0 Å². The maximum Gasteiger partial charge on any atom is 0.261 e. The molecule has 0 saturated heterocycles. The average Bonchev–Trinajstić information content (AvgIpc) is 2.47. The van der Waals surface area contributed by atoms with Gasteiger partial charge in [0.05, 0.1) is 19.8 Å². The number of hydrogen-bond donors (Lipinski definition) is 4. The lowest BCUT2D eigenvalue weighted by atomic mass is 10.0. The molecule has 0 spiro atoms. The highest BCUT2D eigenvalue weighted by Gasteiger charge is 2.32. The molecule has 6 nitrogen and oxygen atoms in total. The van der Waals surface area contributed by atoms with Gasteiger partial charge in [-0.05, 0) is 31.2 Å². The van der Waals surface area contributed by atoms with Crippen LogP contribution in [0, 0.1) is 5.82 Å². The van der Waals surface area contributed by atoms with E-state index in [1.807, 2.05) is 0 Å². The molecular weight excluding hydrogens is 269 g/mol. The summed E-state index contributed by atoms with van der Waals surface area (Å²) in [5, 5.41) is 29.7. The summed E-state index contributed by atoms with van der Waals surface area (Å²) in [5.41, 5.74) is -1.50. The van der Waals surface area contributed by atoms with Gasteiger partial charge in [0.15, 0.2) is 6.10 Å². The van der Waals surface area contributed by atoms with Gasteiger partial charge in [0.1, 0.15) is 17.1 Å². The zero-order valence-corrected chi connectivity index (χ0v) is 11.0. The minimum absolute atomic E-state index is 0.302. The van der Waals surface area contributed by atoms with Gasteiger partial charge in [-0.2, -0.15) is 0 Å². The molecule has 0 fully saturated rings. The van der Waals surface area contributed by atoms with E-state index in [2.05, 4.69) is 5.32 Å². The molecule has 112 valence electrons. The molecule has 1 aromatic carbocycles. The van der Waals surface area contributed by atoms with Gasteiger partial charge in [-0.3, -0.25) is 4.79 Å². The second-order valence-electron chi connectivity index (χ2n) is 4.46. The predicted octanol–water partition coefficient (Wildman–Crippen LogP) is -0.575. The summed E-state index contributed by atoms with van der Waals surface area (Å²) in [4.78, 5) is 11.9. The number of ether oxygens (including phenoxy) is 1. The number of halogens is 1. The van der Waals surface area contributed by atoms with Crippen molar-refractivity contribution < 1.29 is 29.2 Å². The van der Waals surface area contributed by atoms with E-state index in [0.717, 1.165) is 0 Å². The number of nitrogens with one attached hydrogen (secondary N) is 1. The summed E-state index contributed by atoms with van der Waals surface area (Å²) in [6.07, 6.45) is -0.940. The first-order valence-corrected chi connectivity index (χ1v) is 6.03. The number of benzene rings is 1. The quantitative estimate of drug-likeness (QED) is 0.538. The second-order valence-corrected chi connectivity index (χ2v) is 4.46. The zero-order valence-electron chi connectivity index (χ0n) is 11.0. The van der Waals surface area contributed by atoms with Crippen molar-refractivity contribution >= 4 is 5.91 Å². The van der Waals surface area contributed by atoms with Crippen LogP contribution in [0.4, 0.5) is 4.39 Å². The summed E-state index contributed by atoms with van der Waals surface area (Å²) in [6.45, 7) is -0.394. The Morgan fingerprint density at radius 3 is 2.20 bits per heavy atom. The molecule has 20 heavy (non-hydrogen) atoms. The van der Waals surface area contributed by atoms with E-state index in [9.17, 15) is 9.18 Å². The molecule has 0 aromatic heterocycles. The predicted molar refractivity (Wildman–Crippen MR) is 68.6 cm³/mol. The van der Waals surface area contributed by atoms with E-state index in [1.165, 1.54) is 31.2 Å². The highest BCUT2D eigenvalue weighted by molar-refractivity contribution is 5.81. The van der Waals surface area contributed by atoms with Crippen LogP contribution >= 0.6 is 0 Å². The lowest BCUT2D eigenvalue weighted by Crippen LogP contribution is -2.59. The van der Waals surface area contributed by atoms with Crippen LogP contribution in [-0.2, 0) is 4.79 Å². The molecule has 1 rings (SSSR count). The molecule has 4 N–H and O–H groups in total. The molecule has 0 heterocycles. The summed E-state index contributed by atoms with van der Waals surface area (Å²) in [6, 6.07) is 5.13. The van der Waals surface area contributed by atoms with Gasteiger partial charge in [-0.25, -0.2) is 4.39 Å². The molecular formula is C13H18FNO5. The molecule has 1 aromatic rings. The smallest absolute Gasteiger partial charge is 0.261 e. The van der Waals surface area contributed by atoms with E-state index in [1.54, 1.807) is 0 Å². The second kappa shape index (κ2) is 7.18. The molecule has 0 aliphatic heterocycles.